The Morgan fingerprint density at radius 2 is 1.62 bits per heavy atom. The number of benzene rings is 2. The zero-order valence-electron chi connectivity index (χ0n) is 18.7. The summed E-state index contributed by atoms with van der Waals surface area (Å²) in [5.41, 5.74) is 0.682. The van der Waals surface area contributed by atoms with Gasteiger partial charge in [0.05, 0.1) is 37.9 Å². The average Bonchev–Trinajstić information content (AvgIpc) is 2.86. The Morgan fingerprint density at radius 1 is 0.971 bits per heavy atom. The van der Waals surface area contributed by atoms with E-state index < -0.39 is 18.2 Å². The molecule has 180 valence electrons. The summed E-state index contributed by atoms with van der Waals surface area (Å²) in [6, 6.07) is 5.96. The van der Waals surface area contributed by atoms with Gasteiger partial charge >= 0.3 is 0 Å². The van der Waals surface area contributed by atoms with Crippen LogP contribution in [0.4, 0.5) is 30.5 Å². The second kappa shape index (κ2) is 10.5. The molecular weight excluding hydrogens is 451 g/mol. The number of nitrogens with zero attached hydrogens (tertiary/aromatic N) is 3. The molecule has 1 aromatic heterocycles. The quantitative estimate of drug-likeness (QED) is 0.511. The van der Waals surface area contributed by atoms with Crippen molar-refractivity contribution >= 4 is 17.3 Å². The van der Waals surface area contributed by atoms with E-state index in [4.69, 9.17) is 14.2 Å². The summed E-state index contributed by atoms with van der Waals surface area (Å²) < 4.78 is 58.8. The van der Waals surface area contributed by atoms with Crippen molar-refractivity contribution in [2.24, 2.45) is 0 Å². The minimum Gasteiger partial charge on any atom is -0.494 e. The molecule has 1 saturated heterocycles. The molecule has 0 saturated carbocycles. The lowest BCUT2D eigenvalue weighted by molar-refractivity contribution is 0.280. The largest absolute Gasteiger partial charge is 0.494 e. The van der Waals surface area contributed by atoms with Gasteiger partial charge in [-0.05, 0) is 18.2 Å². The van der Waals surface area contributed by atoms with E-state index in [0.717, 1.165) is 32.2 Å². The van der Waals surface area contributed by atoms with Crippen LogP contribution in [0.2, 0.25) is 0 Å². The van der Waals surface area contributed by atoms with Crippen molar-refractivity contribution in [3.05, 3.63) is 59.7 Å². The van der Waals surface area contributed by atoms with E-state index in [1.54, 1.807) is 12.1 Å². The Hall–Kier alpha value is -3.73. The van der Waals surface area contributed by atoms with Gasteiger partial charge in [-0.15, -0.1) is 0 Å². The van der Waals surface area contributed by atoms with Crippen LogP contribution in [0.5, 0.6) is 17.2 Å². The topological polar surface area (TPSA) is 80.8 Å². The summed E-state index contributed by atoms with van der Waals surface area (Å²) in [6.07, 6.45) is 2.68. The predicted molar refractivity (Wildman–Crippen MR) is 121 cm³/mol. The lowest BCUT2D eigenvalue weighted by atomic mass is 10.1. The second-order valence-electron chi connectivity index (χ2n) is 7.45. The monoisotopic (exact) mass is 475 g/mol. The molecule has 0 unspecified atom stereocenters. The lowest BCUT2D eigenvalue weighted by Crippen LogP contribution is -2.43. The van der Waals surface area contributed by atoms with Gasteiger partial charge in [-0.1, -0.05) is 0 Å². The number of methoxy groups -OCH3 is 2. The molecule has 34 heavy (non-hydrogen) atoms. The highest BCUT2D eigenvalue weighted by Gasteiger charge is 2.21. The first-order valence-electron chi connectivity index (χ1n) is 10.6. The molecule has 0 atom stereocenters. The minimum absolute atomic E-state index is 0.164. The van der Waals surface area contributed by atoms with Crippen LogP contribution in [-0.4, -0.2) is 50.4 Å². The minimum atomic E-state index is -0.883. The van der Waals surface area contributed by atoms with Gasteiger partial charge in [0.25, 0.3) is 0 Å². The van der Waals surface area contributed by atoms with Crippen molar-refractivity contribution < 1.29 is 27.4 Å². The molecule has 2 heterocycles. The van der Waals surface area contributed by atoms with Gasteiger partial charge in [-0.25, -0.2) is 23.1 Å². The molecule has 8 nitrogen and oxygen atoms in total. The Balaban J connectivity index is 1.41. The molecule has 0 radical (unpaired) electrons. The molecule has 2 N–H and O–H groups in total. The van der Waals surface area contributed by atoms with E-state index in [2.05, 4.69) is 20.6 Å². The summed E-state index contributed by atoms with van der Waals surface area (Å²) in [4.78, 5) is 10.2. The second-order valence-corrected chi connectivity index (χ2v) is 7.45. The molecule has 2 aromatic carbocycles. The molecule has 0 amide bonds. The van der Waals surface area contributed by atoms with Crippen molar-refractivity contribution in [1.29, 1.82) is 0 Å². The Bertz CT molecular complexity index is 1110. The zero-order valence-corrected chi connectivity index (χ0v) is 18.7. The van der Waals surface area contributed by atoms with Gasteiger partial charge in [0.2, 0.25) is 5.95 Å². The van der Waals surface area contributed by atoms with Crippen LogP contribution in [0.1, 0.15) is 5.56 Å². The summed E-state index contributed by atoms with van der Waals surface area (Å²) in [5.74, 6) is -2.04. The summed E-state index contributed by atoms with van der Waals surface area (Å²) in [7, 11) is 2.54. The molecule has 0 bridgehead atoms. The van der Waals surface area contributed by atoms with E-state index in [0.29, 0.717) is 11.4 Å². The van der Waals surface area contributed by atoms with Gasteiger partial charge in [0.1, 0.15) is 12.4 Å². The number of piperazine rings is 1. The molecule has 1 aliphatic rings. The van der Waals surface area contributed by atoms with Crippen molar-refractivity contribution in [3.63, 3.8) is 0 Å². The Morgan fingerprint density at radius 3 is 2.21 bits per heavy atom. The number of halogens is 3. The van der Waals surface area contributed by atoms with Gasteiger partial charge in [0, 0.05) is 37.9 Å². The first kappa shape index (κ1) is 23.4. The van der Waals surface area contributed by atoms with Crippen molar-refractivity contribution in [3.8, 4) is 17.2 Å². The smallest absolute Gasteiger partial charge is 0.227 e. The SMILES string of the molecule is COc1cc(OC)c(F)c(COc2cnc(Nc3ccc(N4CCNCC4)c(F)c3)nc2)c1F. The van der Waals surface area contributed by atoms with E-state index in [9.17, 15) is 13.2 Å². The van der Waals surface area contributed by atoms with E-state index >= 15 is 0 Å². The van der Waals surface area contributed by atoms with Crippen molar-refractivity contribution in [1.82, 2.24) is 15.3 Å². The van der Waals surface area contributed by atoms with Gasteiger partial charge in [-0.2, -0.15) is 0 Å². The van der Waals surface area contributed by atoms with Crippen LogP contribution in [0.15, 0.2) is 36.7 Å². The number of ether oxygens (including phenoxy) is 3. The number of nitrogens with one attached hydrogen (secondary N) is 2. The van der Waals surface area contributed by atoms with E-state index in [-0.39, 0.29) is 34.6 Å². The maximum absolute atomic E-state index is 14.6. The van der Waals surface area contributed by atoms with Gasteiger partial charge in [0.15, 0.2) is 28.9 Å². The fourth-order valence-electron chi connectivity index (χ4n) is 3.55. The third-order valence-electron chi connectivity index (χ3n) is 5.34. The first-order chi connectivity index (χ1) is 16.5. The normalized spacial score (nSPS) is 13.5. The lowest BCUT2D eigenvalue weighted by Gasteiger charge is -2.29. The third-order valence-corrected chi connectivity index (χ3v) is 5.34. The molecule has 1 fully saturated rings. The molecule has 1 aliphatic heterocycles. The van der Waals surface area contributed by atoms with Gasteiger partial charge < -0.3 is 29.7 Å². The van der Waals surface area contributed by atoms with Crippen molar-refractivity contribution in [2.45, 2.75) is 6.61 Å². The highest BCUT2D eigenvalue weighted by molar-refractivity contribution is 5.60. The van der Waals surface area contributed by atoms with Crippen LogP contribution in [0.25, 0.3) is 0 Å². The number of anilines is 3. The average molecular weight is 475 g/mol. The number of hydrogen-bond donors (Lipinski definition) is 2. The first-order valence-corrected chi connectivity index (χ1v) is 10.6. The molecule has 4 rings (SSSR count). The standard InChI is InChI=1S/C23H24F3N5O3/c1-32-19-10-20(33-2)22(26)16(21(19)25)13-34-15-11-28-23(29-12-15)30-14-3-4-18(17(24)9-14)31-7-5-27-6-8-31/h3-4,9-12,27H,5-8,13H2,1-2H3,(H,28,29,30). The molecular formula is C23H24F3N5O3. The molecule has 11 heteroatoms. The predicted octanol–water partition coefficient (Wildman–Crippen LogP) is 3.64. The van der Waals surface area contributed by atoms with Crippen LogP contribution < -0.4 is 29.7 Å². The maximum Gasteiger partial charge on any atom is 0.227 e. The zero-order chi connectivity index (χ0) is 24.1. The third kappa shape index (κ3) is 5.09. The van der Waals surface area contributed by atoms with E-state index in [1.165, 1.54) is 32.7 Å². The van der Waals surface area contributed by atoms with Crippen LogP contribution in [0, 0.1) is 17.5 Å². The summed E-state index contributed by atoms with van der Waals surface area (Å²) >= 11 is 0. The number of rotatable bonds is 8. The van der Waals surface area contributed by atoms with Crippen LogP contribution in [-0.2, 0) is 6.61 Å². The highest BCUT2D eigenvalue weighted by atomic mass is 19.1. The molecule has 0 aliphatic carbocycles. The van der Waals surface area contributed by atoms with Crippen molar-refractivity contribution in [2.75, 3.05) is 50.6 Å². The fourth-order valence-corrected chi connectivity index (χ4v) is 3.55. The molecule has 0 spiro atoms. The molecule has 3 aromatic rings. The van der Waals surface area contributed by atoms with Crippen LogP contribution >= 0.6 is 0 Å². The maximum atomic E-state index is 14.6. The highest BCUT2D eigenvalue weighted by Crippen LogP contribution is 2.32. The number of hydrogen-bond acceptors (Lipinski definition) is 8. The summed E-state index contributed by atoms with van der Waals surface area (Å²) in [6.45, 7) is 2.67. The fraction of sp³-hybridized carbons (Fsp3) is 0.304. The Kier molecular flexibility index (Phi) is 7.21. The Labute approximate surface area is 194 Å². The van der Waals surface area contributed by atoms with Crippen LogP contribution in [0.3, 0.4) is 0 Å². The summed E-state index contributed by atoms with van der Waals surface area (Å²) in [5, 5.41) is 6.16. The number of aromatic nitrogens is 2. The van der Waals surface area contributed by atoms with Gasteiger partial charge in [-0.3, -0.25) is 0 Å². The van der Waals surface area contributed by atoms with E-state index in [1.807, 2.05) is 4.90 Å².